The Labute approximate surface area is 129 Å². The van der Waals surface area contributed by atoms with Gasteiger partial charge in [-0.25, -0.2) is 4.39 Å². The number of rotatable bonds is 4. The van der Waals surface area contributed by atoms with Crippen LogP contribution in [-0.4, -0.2) is 34.1 Å². The van der Waals surface area contributed by atoms with Crippen LogP contribution in [0, 0.1) is 11.7 Å². The minimum Gasteiger partial charge on any atom is -0.342 e. The van der Waals surface area contributed by atoms with Gasteiger partial charge in [-0.15, -0.1) is 0 Å². The predicted octanol–water partition coefficient (Wildman–Crippen LogP) is 2.57. The number of aromatic nitrogens is 2. The van der Waals surface area contributed by atoms with Crippen LogP contribution >= 0.6 is 0 Å². The topological polar surface area (TPSA) is 49.0 Å². The fourth-order valence-electron chi connectivity index (χ4n) is 3.08. The van der Waals surface area contributed by atoms with Crippen LogP contribution in [0.3, 0.4) is 0 Å². The maximum absolute atomic E-state index is 13.7. The molecule has 0 spiro atoms. The zero-order valence-corrected chi connectivity index (χ0v) is 12.5. The number of aromatic amines is 1. The van der Waals surface area contributed by atoms with E-state index in [0.29, 0.717) is 11.5 Å². The normalized spacial score (nSPS) is 18.4. The first-order valence-corrected chi connectivity index (χ1v) is 7.72. The highest BCUT2D eigenvalue weighted by atomic mass is 19.1. The summed E-state index contributed by atoms with van der Waals surface area (Å²) in [5, 5.41) is 6.93. The smallest absolute Gasteiger partial charge is 0.227 e. The van der Waals surface area contributed by atoms with Crippen LogP contribution < -0.4 is 0 Å². The van der Waals surface area contributed by atoms with Gasteiger partial charge in [-0.3, -0.25) is 9.89 Å². The van der Waals surface area contributed by atoms with E-state index in [1.54, 1.807) is 24.4 Å². The van der Waals surface area contributed by atoms with Crippen molar-refractivity contribution in [2.45, 2.75) is 25.7 Å². The van der Waals surface area contributed by atoms with Gasteiger partial charge in [-0.1, -0.05) is 18.2 Å². The number of amides is 1. The number of benzene rings is 1. The van der Waals surface area contributed by atoms with E-state index in [1.165, 1.54) is 6.07 Å². The van der Waals surface area contributed by atoms with Crippen molar-refractivity contribution in [3.8, 4) is 0 Å². The molecule has 4 nitrogen and oxygen atoms in total. The highest BCUT2D eigenvalue weighted by molar-refractivity contribution is 5.78. The zero-order chi connectivity index (χ0) is 15.4. The van der Waals surface area contributed by atoms with E-state index < -0.39 is 0 Å². The lowest BCUT2D eigenvalue weighted by molar-refractivity contribution is -0.132. The molecule has 1 N–H and O–H groups in total. The fourth-order valence-corrected chi connectivity index (χ4v) is 3.08. The molecule has 2 aromatic rings. The minimum atomic E-state index is -0.304. The SMILES string of the molecule is O=C(Cc1ccccc1F)N1CCC[C@@H](Cc2ccn[nH]2)C1. The highest BCUT2D eigenvalue weighted by Crippen LogP contribution is 2.21. The van der Waals surface area contributed by atoms with Crippen molar-refractivity contribution in [1.82, 2.24) is 15.1 Å². The Morgan fingerprint density at radius 1 is 1.36 bits per heavy atom. The summed E-state index contributed by atoms with van der Waals surface area (Å²) >= 11 is 0. The molecule has 1 aliphatic rings. The van der Waals surface area contributed by atoms with E-state index in [1.807, 2.05) is 11.0 Å². The summed E-state index contributed by atoms with van der Waals surface area (Å²) in [6.07, 6.45) is 4.91. The van der Waals surface area contributed by atoms with Crippen molar-refractivity contribution in [2.24, 2.45) is 5.92 Å². The first-order chi connectivity index (χ1) is 10.7. The molecular formula is C17H20FN3O. The Balaban J connectivity index is 1.59. The molecule has 22 heavy (non-hydrogen) atoms. The molecule has 3 rings (SSSR count). The highest BCUT2D eigenvalue weighted by Gasteiger charge is 2.24. The first-order valence-electron chi connectivity index (χ1n) is 7.72. The molecule has 1 fully saturated rings. The minimum absolute atomic E-state index is 0.0133. The molecule has 1 aromatic carbocycles. The molecule has 2 heterocycles. The molecule has 0 unspecified atom stereocenters. The second-order valence-electron chi connectivity index (χ2n) is 5.90. The summed E-state index contributed by atoms with van der Waals surface area (Å²) in [6, 6.07) is 8.47. The third-order valence-corrected chi connectivity index (χ3v) is 4.24. The number of hydrogen-bond acceptors (Lipinski definition) is 2. The third-order valence-electron chi connectivity index (χ3n) is 4.24. The van der Waals surface area contributed by atoms with Crippen molar-refractivity contribution in [3.63, 3.8) is 0 Å². The quantitative estimate of drug-likeness (QED) is 0.943. The number of H-pyrrole nitrogens is 1. The van der Waals surface area contributed by atoms with Crippen LogP contribution in [0.15, 0.2) is 36.5 Å². The van der Waals surface area contributed by atoms with Gasteiger partial charge >= 0.3 is 0 Å². The fraction of sp³-hybridized carbons (Fsp3) is 0.412. The van der Waals surface area contributed by atoms with Gasteiger partial charge < -0.3 is 4.90 Å². The Morgan fingerprint density at radius 3 is 3.00 bits per heavy atom. The van der Waals surface area contributed by atoms with E-state index in [2.05, 4.69) is 10.2 Å². The van der Waals surface area contributed by atoms with Crippen molar-refractivity contribution < 1.29 is 9.18 Å². The molecule has 0 radical (unpaired) electrons. The number of piperidine rings is 1. The number of nitrogens with zero attached hydrogens (tertiary/aromatic N) is 2. The molecule has 1 aromatic heterocycles. The predicted molar refractivity (Wildman–Crippen MR) is 81.7 cm³/mol. The van der Waals surface area contributed by atoms with Crippen LogP contribution in [0.25, 0.3) is 0 Å². The number of carbonyl (C=O) groups excluding carboxylic acids is 1. The molecule has 0 aliphatic carbocycles. The Hall–Kier alpha value is -2.17. The van der Waals surface area contributed by atoms with E-state index in [-0.39, 0.29) is 18.1 Å². The van der Waals surface area contributed by atoms with Gasteiger partial charge in [-0.2, -0.15) is 5.10 Å². The standard InChI is InChI=1S/C17H20FN3O/c18-16-6-2-1-5-14(16)11-17(22)21-9-3-4-13(12-21)10-15-7-8-19-20-15/h1-2,5-8,13H,3-4,9-12H2,(H,19,20)/t13-/m0/s1. The van der Waals surface area contributed by atoms with E-state index in [0.717, 1.165) is 38.0 Å². The molecule has 1 atom stereocenters. The molecule has 0 bridgehead atoms. The monoisotopic (exact) mass is 301 g/mol. The molecule has 1 aliphatic heterocycles. The van der Waals surface area contributed by atoms with Gasteiger partial charge in [0.15, 0.2) is 0 Å². The van der Waals surface area contributed by atoms with Crippen molar-refractivity contribution in [2.75, 3.05) is 13.1 Å². The third kappa shape index (κ3) is 3.53. The summed E-state index contributed by atoms with van der Waals surface area (Å²) < 4.78 is 13.7. The van der Waals surface area contributed by atoms with Crippen LogP contribution in [-0.2, 0) is 17.6 Å². The Morgan fingerprint density at radius 2 is 2.23 bits per heavy atom. The Kier molecular flexibility index (Phi) is 4.51. The van der Waals surface area contributed by atoms with Crippen LogP contribution in [0.2, 0.25) is 0 Å². The largest absolute Gasteiger partial charge is 0.342 e. The number of likely N-dealkylation sites (tertiary alicyclic amines) is 1. The van der Waals surface area contributed by atoms with Crippen LogP contribution in [0.1, 0.15) is 24.1 Å². The van der Waals surface area contributed by atoms with Gasteiger partial charge in [0.05, 0.1) is 6.42 Å². The average Bonchev–Trinajstić information content (AvgIpc) is 3.03. The maximum atomic E-state index is 13.7. The van der Waals surface area contributed by atoms with E-state index in [9.17, 15) is 9.18 Å². The van der Waals surface area contributed by atoms with Gasteiger partial charge in [0.2, 0.25) is 5.91 Å². The molecule has 1 saturated heterocycles. The van der Waals surface area contributed by atoms with Gasteiger partial charge in [-0.05, 0) is 42.9 Å². The second-order valence-corrected chi connectivity index (χ2v) is 5.90. The summed E-state index contributed by atoms with van der Waals surface area (Å²) in [5.41, 5.74) is 1.58. The zero-order valence-electron chi connectivity index (χ0n) is 12.5. The molecule has 0 saturated carbocycles. The lowest BCUT2D eigenvalue weighted by atomic mass is 9.93. The second kappa shape index (κ2) is 6.73. The van der Waals surface area contributed by atoms with Gasteiger partial charge in [0.1, 0.15) is 5.82 Å². The summed E-state index contributed by atoms with van der Waals surface area (Å²) in [7, 11) is 0. The number of nitrogens with one attached hydrogen (secondary N) is 1. The maximum Gasteiger partial charge on any atom is 0.227 e. The van der Waals surface area contributed by atoms with Crippen molar-refractivity contribution in [1.29, 1.82) is 0 Å². The molecule has 1 amide bonds. The Bertz CT molecular complexity index is 627. The van der Waals surface area contributed by atoms with E-state index in [4.69, 9.17) is 0 Å². The lowest BCUT2D eigenvalue weighted by Gasteiger charge is -2.32. The average molecular weight is 301 g/mol. The summed E-state index contributed by atoms with van der Waals surface area (Å²) in [6.45, 7) is 1.51. The van der Waals surface area contributed by atoms with Gasteiger partial charge in [0.25, 0.3) is 0 Å². The summed E-state index contributed by atoms with van der Waals surface area (Å²) in [5.74, 6) is 0.153. The van der Waals surface area contributed by atoms with Crippen LogP contribution in [0.5, 0.6) is 0 Å². The molecular weight excluding hydrogens is 281 g/mol. The first kappa shape index (κ1) is 14.8. The van der Waals surface area contributed by atoms with Crippen molar-refractivity contribution in [3.05, 3.63) is 53.6 Å². The molecule has 116 valence electrons. The molecule has 5 heteroatoms. The van der Waals surface area contributed by atoms with Crippen LogP contribution in [0.4, 0.5) is 4.39 Å². The number of halogens is 1. The summed E-state index contributed by atoms with van der Waals surface area (Å²) in [4.78, 5) is 14.3. The van der Waals surface area contributed by atoms with Crippen molar-refractivity contribution >= 4 is 5.91 Å². The number of carbonyl (C=O) groups is 1. The van der Waals surface area contributed by atoms with E-state index >= 15 is 0 Å². The number of hydrogen-bond donors (Lipinski definition) is 1. The lowest BCUT2D eigenvalue weighted by Crippen LogP contribution is -2.41. The van der Waals surface area contributed by atoms with Gasteiger partial charge in [0, 0.05) is 25.0 Å².